The van der Waals surface area contributed by atoms with Crippen molar-refractivity contribution in [3.8, 4) is 11.5 Å². The number of aliphatic carboxylic acids is 1. The molecule has 2 aromatic rings. The van der Waals surface area contributed by atoms with E-state index in [4.69, 9.17) is 14.6 Å². The van der Waals surface area contributed by atoms with Crippen LogP contribution in [0.25, 0.3) is 6.08 Å². The molecule has 0 radical (unpaired) electrons. The molecular weight excluding hydrogens is 382 g/mol. The maximum absolute atomic E-state index is 11.8. The van der Waals surface area contributed by atoms with Crippen molar-refractivity contribution in [2.45, 2.75) is 45.8 Å². The fourth-order valence-corrected chi connectivity index (χ4v) is 2.66. The number of carboxylic acids is 1. The number of carboxylic acid groups (broad SMARTS) is 1. The minimum atomic E-state index is -1.09. The van der Waals surface area contributed by atoms with Crippen LogP contribution in [0, 0.1) is 0 Å². The summed E-state index contributed by atoms with van der Waals surface area (Å²) in [6, 6.07) is 12.7. The van der Waals surface area contributed by atoms with Crippen LogP contribution in [0.2, 0.25) is 0 Å². The second-order valence-electron chi connectivity index (χ2n) is 8.05. The Bertz CT molecular complexity index is 910. The minimum Gasteiger partial charge on any atom is -0.493 e. The second-order valence-corrected chi connectivity index (χ2v) is 8.05. The van der Waals surface area contributed by atoms with Gasteiger partial charge in [-0.05, 0) is 47.2 Å². The van der Waals surface area contributed by atoms with Crippen LogP contribution >= 0.6 is 0 Å². The molecule has 0 unspecified atom stereocenters. The van der Waals surface area contributed by atoms with E-state index in [1.807, 2.05) is 0 Å². The normalized spacial score (nSPS) is 12.4. The van der Waals surface area contributed by atoms with Crippen LogP contribution in [0.1, 0.15) is 44.4 Å². The van der Waals surface area contributed by atoms with Crippen LogP contribution in [-0.4, -0.2) is 30.1 Å². The summed E-state index contributed by atoms with van der Waals surface area (Å²) >= 11 is 0. The molecule has 6 nitrogen and oxygen atoms in total. The van der Waals surface area contributed by atoms with E-state index in [1.54, 1.807) is 31.4 Å². The van der Waals surface area contributed by atoms with Crippen molar-refractivity contribution in [1.29, 1.82) is 0 Å². The second kappa shape index (κ2) is 9.96. The average molecular weight is 411 g/mol. The Morgan fingerprint density at radius 2 is 1.77 bits per heavy atom. The van der Waals surface area contributed by atoms with Crippen molar-refractivity contribution in [3.05, 3.63) is 65.2 Å². The van der Waals surface area contributed by atoms with Gasteiger partial charge in [-0.15, -0.1) is 0 Å². The highest BCUT2D eigenvalue weighted by molar-refractivity contribution is 5.94. The van der Waals surface area contributed by atoms with Gasteiger partial charge < -0.3 is 19.9 Å². The number of hydrogen-bond donors (Lipinski definition) is 2. The maximum atomic E-state index is 11.8. The van der Waals surface area contributed by atoms with Gasteiger partial charge in [-0.2, -0.15) is 0 Å². The summed E-state index contributed by atoms with van der Waals surface area (Å²) in [6.45, 7) is 8.34. The number of nitrogens with one attached hydrogen (secondary N) is 1. The van der Waals surface area contributed by atoms with Gasteiger partial charge in [0.1, 0.15) is 12.6 Å². The maximum Gasteiger partial charge on any atom is 0.325 e. The first-order chi connectivity index (χ1) is 14.1. The zero-order chi connectivity index (χ0) is 22.3. The van der Waals surface area contributed by atoms with Crippen molar-refractivity contribution in [2.75, 3.05) is 7.11 Å². The number of amides is 1. The molecule has 0 spiro atoms. The Morgan fingerprint density at radius 1 is 1.10 bits per heavy atom. The average Bonchev–Trinajstić information content (AvgIpc) is 2.70. The summed E-state index contributed by atoms with van der Waals surface area (Å²) in [5, 5.41) is 11.2. The van der Waals surface area contributed by atoms with E-state index < -0.39 is 17.9 Å². The largest absolute Gasteiger partial charge is 0.493 e. The molecule has 0 bridgehead atoms. The van der Waals surface area contributed by atoms with Crippen molar-refractivity contribution in [1.82, 2.24) is 5.32 Å². The SMILES string of the molecule is COc1cc(/C=C/C(=O)N[C@@H](C)C(=O)O)ccc1OCc1ccc(C(C)(C)C)cc1. The third-order valence-electron chi connectivity index (χ3n) is 4.56. The molecule has 0 fully saturated rings. The van der Waals surface area contributed by atoms with Gasteiger partial charge in [0, 0.05) is 6.08 Å². The quantitative estimate of drug-likeness (QED) is 0.637. The third kappa shape index (κ3) is 6.65. The van der Waals surface area contributed by atoms with Gasteiger partial charge in [0.15, 0.2) is 11.5 Å². The Kier molecular flexibility index (Phi) is 7.64. The van der Waals surface area contributed by atoms with Crippen molar-refractivity contribution < 1.29 is 24.2 Å². The van der Waals surface area contributed by atoms with Crippen LogP contribution in [-0.2, 0) is 21.6 Å². The molecule has 0 heterocycles. The zero-order valence-electron chi connectivity index (χ0n) is 18.1. The van der Waals surface area contributed by atoms with Crippen LogP contribution in [0.4, 0.5) is 0 Å². The molecule has 2 aromatic carbocycles. The lowest BCUT2D eigenvalue weighted by Gasteiger charge is -2.19. The summed E-state index contributed by atoms with van der Waals surface area (Å²) in [5.74, 6) is -0.433. The van der Waals surface area contributed by atoms with Gasteiger partial charge >= 0.3 is 5.97 Å². The topological polar surface area (TPSA) is 84.9 Å². The molecule has 0 saturated carbocycles. The molecule has 160 valence electrons. The van der Waals surface area contributed by atoms with Gasteiger partial charge in [-0.25, -0.2) is 0 Å². The van der Waals surface area contributed by atoms with E-state index in [0.29, 0.717) is 18.1 Å². The molecular formula is C24H29NO5. The summed E-state index contributed by atoms with van der Waals surface area (Å²) < 4.78 is 11.3. The summed E-state index contributed by atoms with van der Waals surface area (Å²) in [6.07, 6.45) is 2.87. The number of ether oxygens (including phenoxy) is 2. The van der Waals surface area contributed by atoms with E-state index in [0.717, 1.165) is 11.1 Å². The lowest BCUT2D eigenvalue weighted by Crippen LogP contribution is -2.37. The molecule has 30 heavy (non-hydrogen) atoms. The van der Waals surface area contributed by atoms with Crippen molar-refractivity contribution in [3.63, 3.8) is 0 Å². The van der Waals surface area contributed by atoms with Gasteiger partial charge in [0.05, 0.1) is 7.11 Å². The molecule has 0 aliphatic carbocycles. The van der Waals surface area contributed by atoms with Crippen molar-refractivity contribution >= 4 is 18.0 Å². The van der Waals surface area contributed by atoms with E-state index in [9.17, 15) is 9.59 Å². The lowest BCUT2D eigenvalue weighted by atomic mass is 9.87. The fourth-order valence-electron chi connectivity index (χ4n) is 2.66. The lowest BCUT2D eigenvalue weighted by molar-refractivity contribution is -0.140. The van der Waals surface area contributed by atoms with E-state index in [-0.39, 0.29) is 5.41 Å². The zero-order valence-corrected chi connectivity index (χ0v) is 18.1. The summed E-state index contributed by atoms with van der Waals surface area (Å²) in [4.78, 5) is 22.6. The fraction of sp³-hybridized carbons (Fsp3) is 0.333. The number of hydrogen-bond acceptors (Lipinski definition) is 4. The van der Waals surface area contributed by atoms with Gasteiger partial charge in [0.25, 0.3) is 0 Å². The number of benzene rings is 2. The highest BCUT2D eigenvalue weighted by Gasteiger charge is 2.13. The van der Waals surface area contributed by atoms with Gasteiger partial charge in [-0.1, -0.05) is 51.1 Å². The Labute approximate surface area is 177 Å². The monoisotopic (exact) mass is 411 g/mol. The number of carbonyl (C=O) groups is 2. The summed E-state index contributed by atoms with van der Waals surface area (Å²) in [7, 11) is 1.55. The number of carbonyl (C=O) groups excluding carboxylic acids is 1. The predicted molar refractivity (Wildman–Crippen MR) is 117 cm³/mol. The van der Waals surface area contributed by atoms with Gasteiger partial charge in [0.2, 0.25) is 5.91 Å². The molecule has 6 heteroatoms. The Morgan fingerprint density at radius 3 is 2.33 bits per heavy atom. The number of methoxy groups -OCH3 is 1. The molecule has 2 N–H and O–H groups in total. The van der Waals surface area contributed by atoms with Crippen LogP contribution in [0.15, 0.2) is 48.5 Å². The van der Waals surface area contributed by atoms with Gasteiger partial charge in [-0.3, -0.25) is 9.59 Å². The Hall–Kier alpha value is -3.28. The van der Waals surface area contributed by atoms with Crippen LogP contribution < -0.4 is 14.8 Å². The highest BCUT2D eigenvalue weighted by Crippen LogP contribution is 2.29. The summed E-state index contributed by atoms with van der Waals surface area (Å²) in [5.41, 5.74) is 3.15. The smallest absolute Gasteiger partial charge is 0.325 e. The van der Waals surface area contributed by atoms with E-state index >= 15 is 0 Å². The number of rotatable bonds is 8. The molecule has 2 rings (SSSR count). The molecule has 0 saturated heterocycles. The Balaban J connectivity index is 2.02. The minimum absolute atomic E-state index is 0.106. The molecule has 0 aromatic heterocycles. The standard InChI is InChI=1S/C24H29NO5/c1-16(23(27)28)25-22(26)13-9-17-8-12-20(21(14-17)29-5)30-15-18-6-10-19(11-7-18)24(2,3)4/h6-14,16H,15H2,1-5H3,(H,25,26)(H,27,28)/b13-9+/t16-/m0/s1. The first-order valence-electron chi connectivity index (χ1n) is 9.72. The highest BCUT2D eigenvalue weighted by atomic mass is 16.5. The van der Waals surface area contributed by atoms with Crippen LogP contribution in [0.5, 0.6) is 11.5 Å². The van der Waals surface area contributed by atoms with E-state index in [2.05, 4.69) is 50.4 Å². The third-order valence-corrected chi connectivity index (χ3v) is 4.56. The predicted octanol–water partition coefficient (Wildman–Crippen LogP) is 4.17. The molecule has 0 aliphatic rings. The molecule has 1 atom stereocenters. The molecule has 0 aliphatic heterocycles. The first kappa shape index (κ1) is 23.0. The van der Waals surface area contributed by atoms with E-state index in [1.165, 1.54) is 18.6 Å². The van der Waals surface area contributed by atoms with Crippen molar-refractivity contribution in [2.24, 2.45) is 0 Å². The molecule has 1 amide bonds. The first-order valence-corrected chi connectivity index (χ1v) is 9.72. The van der Waals surface area contributed by atoms with Crippen LogP contribution in [0.3, 0.4) is 0 Å².